The van der Waals surface area contributed by atoms with Crippen molar-refractivity contribution in [1.29, 1.82) is 0 Å². The summed E-state index contributed by atoms with van der Waals surface area (Å²) in [6, 6.07) is 0. The van der Waals surface area contributed by atoms with Crippen LogP contribution in [0.4, 0.5) is 0 Å². The first kappa shape index (κ1) is 9.88. The van der Waals surface area contributed by atoms with Gasteiger partial charge in [0.25, 0.3) is 0 Å². The second-order valence-electron chi connectivity index (χ2n) is 3.26. The normalized spacial score (nSPS) is 18.6. The molecule has 0 aliphatic heterocycles. The molecule has 0 aromatic carbocycles. The number of rotatable bonds is 3. The molecule has 3 nitrogen and oxygen atoms in total. The van der Waals surface area contributed by atoms with Crippen LogP contribution in [0.5, 0.6) is 0 Å². The van der Waals surface area contributed by atoms with Crippen molar-refractivity contribution in [1.82, 2.24) is 0 Å². The molecular weight excluding hydrogens is 128 g/mol. The Morgan fingerprint density at radius 2 is 1.60 bits per heavy atom. The van der Waals surface area contributed by atoms with Gasteiger partial charge < -0.3 is 16.2 Å². The third kappa shape index (κ3) is 2.25. The summed E-state index contributed by atoms with van der Waals surface area (Å²) in [4.78, 5) is 0. The molecule has 10 heavy (non-hydrogen) atoms. The summed E-state index contributed by atoms with van der Waals surface area (Å²) >= 11 is 0. The van der Waals surface area contributed by atoms with E-state index >= 15 is 0 Å². The molecular formula is C7H18N2O. The van der Waals surface area contributed by atoms with Crippen LogP contribution in [0.2, 0.25) is 0 Å². The van der Waals surface area contributed by atoms with Crippen LogP contribution in [-0.2, 0) is 4.74 Å². The van der Waals surface area contributed by atoms with Gasteiger partial charge in [-0.15, -0.1) is 0 Å². The van der Waals surface area contributed by atoms with E-state index in [1.807, 2.05) is 20.8 Å². The molecule has 0 saturated carbocycles. The quantitative estimate of drug-likeness (QED) is 0.568. The van der Waals surface area contributed by atoms with Crippen molar-refractivity contribution in [3.8, 4) is 0 Å². The van der Waals surface area contributed by atoms with Gasteiger partial charge in [-0.3, -0.25) is 0 Å². The molecule has 0 heterocycles. The fourth-order valence-electron chi connectivity index (χ4n) is 0.486. The first-order valence-electron chi connectivity index (χ1n) is 3.53. The van der Waals surface area contributed by atoms with Crippen LogP contribution in [0.15, 0.2) is 0 Å². The van der Waals surface area contributed by atoms with E-state index in [0.29, 0.717) is 6.61 Å². The van der Waals surface area contributed by atoms with Gasteiger partial charge in [0.15, 0.2) is 0 Å². The van der Waals surface area contributed by atoms with E-state index in [1.54, 1.807) is 6.92 Å². The number of hydrogen-bond acceptors (Lipinski definition) is 3. The summed E-state index contributed by atoms with van der Waals surface area (Å²) < 4.78 is 5.25. The van der Waals surface area contributed by atoms with Crippen LogP contribution in [0.3, 0.4) is 0 Å². The zero-order valence-corrected chi connectivity index (χ0v) is 7.27. The van der Waals surface area contributed by atoms with Gasteiger partial charge in [0.1, 0.15) is 5.72 Å². The van der Waals surface area contributed by atoms with Gasteiger partial charge in [0, 0.05) is 6.61 Å². The van der Waals surface area contributed by atoms with Crippen LogP contribution < -0.4 is 11.5 Å². The van der Waals surface area contributed by atoms with Crippen molar-refractivity contribution >= 4 is 0 Å². The summed E-state index contributed by atoms with van der Waals surface area (Å²) in [6.45, 7) is 7.98. The molecule has 0 fully saturated rings. The third-order valence-electron chi connectivity index (χ3n) is 1.72. The van der Waals surface area contributed by atoms with Gasteiger partial charge in [-0.05, 0) is 27.7 Å². The van der Waals surface area contributed by atoms with Crippen molar-refractivity contribution < 1.29 is 4.74 Å². The highest BCUT2D eigenvalue weighted by atomic mass is 16.5. The summed E-state index contributed by atoms with van der Waals surface area (Å²) in [5.74, 6) is 0. The van der Waals surface area contributed by atoms with E-state index in [4.69, 9.17) is 16.2 Å². The van der Waals surface area contributed by atoms with Gasteiger partial charge in [0.05, 0.1) is 5.54 Å². The minimum absolute atomic E-state index is 0.497. The lowest BCUT2D eigenvalue weighted by atomic mass is 9.94. The SMILES string of the molecule is CCOC(C)(N)C(C)(C)N. The summed E-state index contributed by atoms with van der Waals surface area (Å²) in [7, 11) is 0. The average Bonchev–Trinajstić information content (AvgIpc) is 1.61. The van der Waals surface area contributed by atoms with Crippen LogP contribution in [0, 0.1) is 0 Å². The zero-order chi connectivity index (χ0) is 8.41. The Labute approximate surface area is 62.7 Å². The smallest absolute Gasteiger partial charge is 0.131 e. The maximum Gasteiger partial charge on any atom is 0.131 e. The molecule has 1 atom stereocenters. The highest BCUT2D eigenvalue weighted by Gasteiger charge is 2.34. The van der Waals surface area contributed by atoms with Gasteiger partial charge in [-0.1, -0.05) is 0 Å². The molecule has 1 unspecified atom stereocenters. The van der Waals surface area contributed by atoms with E-state index < -0.39 is 11.3 Å². The Balaban J connectivity index is 4.10. The maximum absolute atomic E-state index is 5.76. The monoisotopic (exact) mass is 146 g/mol. The lowest BCUT2D eigenvalue weighted by molar-refractivity contribution is -0.0657. The topological polar surface area (TPSA) is 61.3 Å². The Morgan fingerprint density at radius 1 is 1.20 bits per heavy atom. The van der Waals surface area contributed by atoms with E-state index in [0.717, 1.165) is 0 Å². The molecule has 0 aromatic heterocycles. The van der Waals surface area contributed by atoms with E-state index in [9.17, 15) is 0 Å². The minimum atomic E-state index is -0.734. The zero-order valence-electron chi connectivity index (χ0n) is 7.27. The van der Waals surface area contributed by atoms with E-state index in [1.165, 1.54) is 0 Å². The summed E-state index contributed by atoms with van der Waals surface area (Å²) in [6.07, 6.45) is 0. The Hall–Kier alpha value is -0.120. The number of hydrogen-bond donors (Lipinski definition) is 2. The average molecular weight is 146 g/mol. The standard InChI is InChI=1S/C7H18N2O/c1-5-10-7(4,9)6(2,3)8/h5,8-9H2,1-4H3. The largest absolute Gasteiger partial charge is 0.360 e. The fourth-order valence-corrected chi connectivity index (χ4v) is 0.486. The van der Waals surface area contributed by atoms with E-state index in [-0.39, 0.29) is 0 Å². The fraction of sp³-hybridized carbons (Fsp3) is 1.00. The lowest BCUT2D eigenvalue weighted by Crippen LogP contribution is -2.62. The number of ether oxygens (including phenoxy) is 1. The Bertz CT molecular complexity index is 105. The second kappa shape index (κ2) is 2.86. The Morgan fingerprint density at radius 3 is 1.70 bits per heavy atom. The maximum atomic E-state index is 5.76. The molecule has 0 aliphatic carbocycles. The molecule has 0 rings (SSSR count). The van der Waals surface area contributed by atoms with Crippen molar-refractivity contribution in [2.45, 2.75) is 39.0 Å². The second-order valence-corrected chi connectivity index (χ2v) is 3.26. The highest BCUT2D eigenvalue weighted by molar-refractivity contribution is 4.90. The molecule has 0 bridgehead atoms. The van der Waals surface area contributed by atoms with Gasteiger partial charge in [0.2, 0.25) is 0 Å². The minimum Gasteiger partial charge on any atom is -0.360 e. The van der Waals surface area contributed by atoms with Crippen molar-refractivity contribution in [2.75, 3.05) is 6.61 Å². The first-order valence-corrected chi connectivity index (χ1v) is 3.53. The van der Waals surface area contributed by atoms with Crippen molar-refractivity contribution in [3.05, 3.63) is 0 Å². The van der Waals surface area contributed by atoms with Crippen LogP contribution >= 0.6 is 0 Å². The van der Waals surface area contributed by atoms with Crippen LogP contribution in [0.1, 0.15) is 27.7 Å². The molecule has 0 aromatic rings. The number of nitrogens with two attached hydrogens (primary N) is 2. The lowest BCUT2D eigenvalue weighted by Gasteiger charge is -2.37. The predicted octanol–water partition coefficient (Wildman–Crippen LogP) is 0.435. The van der Waals surface area contributed by atoms with Gasteiger partial charge >= 0.3 is 0 Å². The third-order valence-corrected chi connectivity index (χ3v) is 1.72. The van der Waals surface area contributed by atoms with Crippen LogP contribution in [0.25, 0.3) is 0 Å². The molecule has 0 radical (unpaired) electrons. The van der Waals surface area contributed by atoms with Crippen molar-refractivity contribution in [3.63, 3.8) is 0 Å². The highest BCUT2D eigenvalue weighted by Crippen LogP contribution is 2.16. The Kier molecular flexibility index (Phi) is 2.83. The predicted molar refractivity (Wildman–Crippen MR) is 42.5 cm³/mol. The summed E-state index contributed by atoms with van der Waals surface area (Å²) in [5, 5.41) is 0. The van der Waals surface area contributed by atoms with Gasteiger partial charge in [-0.2, -0.15) is 0 Å². The molecule has 3 heteroatoms. The van der Waals surface area contributed by atoms with Crippen LogP contribution in [-0.4, -0.2) is 17.9 Å². The summed E-state index contributed by atoms with van der Waals surface area (Å²) in [5.41, 5.74) is 10.3. The van der Waals surface area contributed by atoms with Crippen molar-refractivity contribution in [2.24, 2.45) is 11.5 Å². The molecule has 0 spiro atoms. The molecule has 4 N–H and O–H groups in total. The molecule has 0 aliphatic rings. The van der Waals surface area contributed by atoms with E-state index in [2.05, 4.69) is 0 Å². The van der Waals surface area contributed by atoms with Gasteiger partial charge in [-0.25, -0.2) is 0 Å². The molecule has 0 saturated heterocycles. The molecule has 62 valence electrons. The first-order chi connectivity index (χ1) is 4.31. The molecule has 0 amide bonds.